The summed E-state index contributed by atoms with van der Waals surface area (Å²) in [5.74, 6) is -0.192. The van der Waals surface area contributed by atoms with Gasteiger partial charge >= 0.3 is 0 Å². The Balaban J connectivity index is 1.82. The second-order valence-electron chi connectivity index (χ2n) is 4.55. The lowest BCUT2D eigenvalue weighted by atomic mass is 10.0. The van der Waals surface area contributed by atoms with Crippen molar-refractivity contribution in [2.24, 2.45) is 0 Å². The largest absolute Gasteiger partial charge is 0.386 e. The van der Waals surface area contributed by atoms with Gasteiger partial charge in [-0.15, -0.1) is 11.3 Å². The normalized spacial score (nSPS) is 23.7. The third kappa shape index (κ3) is 3.41. The van der Waals surface area contributed by atoms with Gasteiger partial charge in [-0.3, -0.25) is 4.79 Å². The summed E-state index contributed by atoms with van der Waals surface area (Å²) in [5.41, 5.74) is 0.259. The summed E-state index contributed by atoms with van der Waals surface area (Å²) in [4.78, 5) is 12.7. The lowest BCUT2D eigenvalue weighted by molar-refractivity contribution is -0.117. The van der Waals surface area contributed by atoms with Crippen molar-refractivity contribution in [1.29, 1.82) is 0 Å². The van der Waals surface area contributed by atoms with Crippen molar-refractivity contribution in [2.45, 2.75) is 18.9 Å². The number of rotatable bonds is 4. The van der Waals surface area contributed by atoms with Crippen LogP contribution in [0.25, 0.3) is 6.08 Å². The number of aliphatic hydroxyl groups is 1. The molecule has 0 spiro atoms. The Bertz CT molecular complexity index is 447. The van der Waals surface area contributed by atoms with Crippen molar-refractivity contribution in [3.63, 3.8) is 0 Å². The number of carbonyl (C=O) groups is 1. The lowest BCUT2D eigenvalue weighted by Crippen LogP contribution is -2.42. The van der Waals surface area contributed by atoms with Crippen LogP contribution in [-0.4, -0.2) is 36.4 Å². The van der Waals surface area contributed by atoms with Crippen LogP contribution in [0.15, 0.2) is 17.5 Å². The molecule has 0 aromatic carbocycles. The number of amides is 1. The zero-order chi connectivity index (χ0) is 13.0. The molecular weight excluding hydrogens is 250 g/mol. The molecule has 2 N–H and O–H groups in total. The lowest BCUT2D eigenvalue weighted by Gasteiger charge is -2.19. The fraction of sp³-hybridized carbons (Fsp3) is 0.462. The maximum absolute atomic E-state index is 11.6. The summed E-state index contributed by atoms with van der Waals surface area (Å²) in [5, 5.41) is 14.7. The van der Waals surface area contributed by atoms with Gasteiger partial charge in [0.2, 0.25) is 5.91 Å². The van der Waals surface area contributed by atoms with E-state index in [2.05, 4.69) is 5.32 Å². The van der Waals surface area contributed by atoms with Gasteiger partial charge in [0.15, 0.2) is 0 Å². The van der Waals surface area contributed by atoms with Crippen molar-refractivity contribution in [2.75, 3.05) is 19.8 Å². The standard InChI is InChI=1S/C13H17NO3S/c1-10-4-7-18-11(10)2-3-12(15)14-8-13(16)5-6-17-9-13/h2-4,7,16H,5-6,8-9H2,1H3,(H,14,15)/b3-2+. The molecule has 0 radical (unpaired) electrons. The van der Waals surface area contributed by atoms with Crippen molar-refractivity contribution < 1.29 is 14.6 Å². The van der Waals surface area contributed by atoms with E-state index in [9.17, 15) is 9.90 Å². The van der Waals surface area contributed by atoms with Gasteiger partial charge in [0.05, 0.1) is 6.61 Å². The quantitative estimate of drug-likeness (QED) is 0.809. The maximum Gasteiger partial charge on any atom is 0.244 e. The number of nitrogens with one attached hydrogen (secondary N) is 1. The van der Waals surface area contributed by atoms with E-state index in [1.54, 1.807) is 17.4 Å². The van der Waals surface area contributed by atoms with Crippen molar-refractivity contribution >= 4 is 23.3 Å². The summed E-state index contributed by atoms with van der Waals surface area (Å²) in [7, 11) is 0. The monoisotopic (exact) mass is 267 g/mol. The van der Waals surface area contributed by atoms with Crippen molar-refractivity contribution in [3.05, 3.63) is 28.0 Å². The van der Waals surface area contributed by atoms with Gasteiger partial charge in [0, 0.05) is 30.5 Å². The van der Waals surface area contributed by atoms with Gasteiger partial charge in [-0.2, -0.15) is 0 Å². The van der Waals surface area contributed by atoms with Crippen LogP contribution >= 0.6 is 11.3 Å². The van der Waals surface area contributed by atoms with Crippen molar-refractivity contribution in [3.8, 4) is 0 Å². The summed E-state index contributed by atoms with van der Waals surface area (Å²) < 4.78 is 5.11. The van der Waals surface area contributed by atoms with Gasteiger partial charge in [-0.25, -0.2) is 0 Å². The molecule has 0 aliphatic carbocycles. The smallest absolute Gasteiger partial charge is 0.244 e. The Morgan fingerprint density at radius 2 is 2.56 bits per heavy atom. The van der Waals surface area contributed by atoms with E-state index in [0.717, 1.165) is 10.4 Å². The van der Waals surface area contributed by atoms with Gasteiger partial charge < -0.3 is 15.2 Å². The third-order valence-corrected chi connectivity index (χ3v) is 3.95. The van der Waals surface area contributed by atoms with Crippen LogP contribution in [-0.2, 0) is 9.53 Å². The number of ether oxygens (including phenoxy) is 1. The number of aryl methyl sites for hydroxylation is 1. The van der Waals surface area contributed by atoms with E-state index in [1.165, 1.54) is 6.08 Å². The first-order valence-electron chi connectivity index (χ1n) is 5.89. The molecule has 1 unspecified atom stereocenters. The minimum absolute atomic E-state index is 0.192. The summed E-state index contributed by atoms with van der Waals surface area (Å²) in [6.45, 7) is 3.09. The van der Waals surface area contributed by atoms with Crippen LogP contribution in [0.4, 0.5) is 0 Å². The molecule has 1 fully saturated rings. The fourth-order valence-electron chi connectivity index (χ4n) is 1.75. The van der Waals surface area contributed by atoms with E-state index in [4.69, 9.17) is 4.74 Å². The maximum atomic E-state index is 11.6. The van der Waals surface area contributed by atoms with E-state index < -0.39 is 5.60 Å². The Labute approximate surface area is 110 Å². The molecule has 98 valence electrons. The number of carbonyl (C=O) groups excluding carboxylic acids is 1. The van der Waals surface area contributed by atoms with E-state index in [1.807, 2.05) is 18.4 Å². The van der Waals surface area contributed by atoms with Crippen LogP contribution in [0.3, 0.4) is 0 Å². The van der Waals surface area contributed by atoms with Crippen molar-refractivity contribution in [1.82, 2.24) is 5.32 Å². The second-order valence-corrected chi connectivity index (χ2v) is 5.49. The van der Waals surface area contributed by atoms with Crippen LogP contribution < -0.4 is 5.32 Å². The molecule has 0 saturated carbocycles. The second kappa shape index (κ2) is 5.65. The van der Waals surface area contributed by atoms with E-state index >= 15 is 0 Å². The Hall–Kier alpha value is -1.17. The fourth-order valence-corrected chi connectivity index (χ4v) is 2.57. The average Bonchev–Trinajstić information content (AvgIpc) is 2.94. The molecule has 2 heterocycles. The Kier molecular flexibility index (Phi) is 4.16. The minimum atomic E-state index is -0.900. The average molecular weight is 267 g/mol. The Morgan fingerprint density at radius 1 is 1.72 bits per heavy atom. The molecule has 1 aromatic rings. The summed E-state index contributed by atoms with van der Waals surface area (Å²) >= 11 is 1.60. The highest BCUT2D eigenvalue weighted by Crippen LogP contribution is 2.18. The zero-order valence-corrected chi connectivity index (χ0v) is 11.1. The first kappa shape index (κ1) is 13.3. The number of hydrogen-bond donors (Lipinski definition) is 2. The SMILES string of the molecule is Cc1ccsc1/C=C/C(=O)NCC1(O)CCOC1. The van der Waals surface area contributed by atoms with Crippen LogP contribution in [0.1, 0.15) is 16.9 Å². The predicted molar refractivity (Wildman–Crippen MR) is 71.5 cm³/mol. The molecular formula is C13H17NO3S. The topological polar surface area (TPSA) is 58.6 Å². The predicted octanol–water partition coefficient (Wildman–Crippen LogP) is 1.34. The van der Waals surface area contributed by atoms with Gasteiger partial charge in [0.1, 0.15) is 5.60 Å². The molecule has 18 heavy (non-hydrogen) atoms. The first-order valence-corrected chi connectivity index (χ1v) is 6.77. The number of thiophene rings is 1. The number of hydrogen-bond acceptors (Lipinski definition) is 4. The Morgan fingerprint density at radius 3 is 3.17 bits per heavy atom. The molecule has 1 aliphatic heterocycles. The minimum Gasteiger partial charge on any atom is -0.386 e. The van der Waals surface area contributed by atoms with E-state index in [0.29, 0.717) is 19.6 Å². The van der Waals surface area contributed by atoms with Crippen LogP contribution in [0, 0.1) is 6.92 Å². The van der Waals surface area contributed by atoms with Gasteiger partial charge in [-0.05, 0) is 30.0 Å². The highest BCUT2D eigenvalue weighted by atomic mass is 32.1. The molecule has 1 atom stereocenters. The first-order chi connectivity index (χ1) is 8.59. The molecule has 4 nitrogen and oxygen atoms in total. The molecule has 1 saturated heterocycles. The van der Waals surface area contributed by atoms with Crippen LogP contribution in [0.2, 0.25) is 0 Å². The molecule has 1 aromatic heterocycles. The molecule has 1 amide bonds. The van der Waals surface area contributed by atoms with Crippen LogP contribution in [0.5, 0.6) is 0 Å². The molecule has 5 heteroatoms. The zero-order valence-electron chi connectivity index (χ0n) is 10.3. The highest BCUT2D eigenvalue weighted by Gasteiger charge is 2.32. The van der Waals surface area contributed by atoms with Gasteiger partial charge in [0.25, 0.3) is 0 Å². The molecule has 1 aliphatic rings. The summed E-state index contributed by atoms with van der Waals surface area (Å²) in [6.07, 6.45) is 3.86. The highest BCUT2D eigenvalue weighted by molar-refractivity contribution is 7.11. The van der Waals surface area contributed by atoms with E-state index in [-0.39, 0.29) is 12.5 Å². The molecule has 0 bridgehead atoms. The molecule has 2 rings (SSSR count). The van der Waals surface area contributed by atoms with Gasteiger partial charge in [-0.1, -0.05) is 0 Å². The summed E-state index contributed by atoms with van der Waals surface area (Å²) in [6, 6.07) is 2.01. The third-order valence-electron chi connectivity index (χ3n) is 2.96.